The number of likely N-dealkylation sites (tertiary alicyclic amines) is 1. The van der Waals surface area contributed by atoms with Gasteiger partial charge in [0.15, 0.2) is 5.69 Å². The van der Waals surface area contributed by atoms with Gasteiger partial charge in [-0.1, -0.05) is 41.6 Å². The number of piperidine rings is 1. The van der Waals surface area contributed by atoms with Crippen molar-refractivity contribution < 1.29 is 32.7 Å². The number of hydrogen-bond acceptors (Lipinski definition) is 7. The van der Waals surface area contributed by atoms with Gasteiger partial charge < -0.3 is 14.7 Å². The zero-order chi connectivity index (χ0) is 27.7. The van der Waals surface area contributed by atoms with Gasteiger partial charge in [-0.05, 0) is 49.6 Å². The zero-order valence-corrected chi connectivity index (χ0v) is 21.0. The SMILES string of the molecule is Cc1cccc(-n2ncc(-c3nc(-c4ccc(C(O)CN5CCCC(C(=O)O)C5)cc4)no3)c2C(F)(F)F)c1. The van der Waals surface area contributed by atoms with Gasteiger partial charge in [-0.3, -0.25) is 9.69 Å². The van der Waals surface area contributed by atoms with Crippen LogP contribution in [0.15, 0.2) is 59.3 Å². The van der Waals surface area contributed by atoms with Crippen LogP contribution in [0.2, 0.25) is 0 Å². The third-order valence-corrected chi connectivity index (χ3v) is 6.78. The van der Waals surface area contributed by atoms with Crippen LogP contribution in [-0.4, -0.2) is 60.6 Å². The predicted octanol–water partition coefficient (Wildman–Crippen LogP) is 4.75. The van der Waals surface area contributed by atoms with Crippen molar-refractivity contribution in [2.24, 2.45) is 5.92 Å². The molecule has 39 heavy (non-hydrogen) atoms. The number of aliphatic carboxylic acids is 1. The Labute approximate surface area is 221 Å². The lowest BCUT2D eigenvalue weighted by Gasteiger charge is -2.32. The molecular weight excluding hydrogens is 515 g/mol. The monoisotopic (exact) mass is 541 g/mol. The summed E-state index contributed by atoms with van der Waals surface area (Å²) < 4.78 is 48.3. The van der Waals surface area contributed by atoms with Gasteiger partial charge in [0, 0.05) is 18.7 Å². The normalized spacial score (nSPS) is 17.3. The molecule has 0 amide bonds. The van der Waals surface area contributed by atoms with Crippen molar-refractivity contribution in [3.05, 3.63) is 71.5 Å². The lowest BCUT2D eigenvalue weighted by molar-refractivity contribution is -0.144. The lowest BCUT2D eigenvalue weighted by Crippen LogP contribution is -2.40. The standard InChI is InChI=1S/C27H26F3N5O4/c1-16-4-2-6-20(12-16)35-23(27(28,29)30)21(13-31-35)25-32-24(33-39-25)18-9-7-17(8-10-18)22(36)15-34-11-3-5-19(14-34)26(37)38/h2,4,6-10,12-13,19,22,36H,3,5,11,14-15H2,1H3,(H,37,38). The van der Waals surface area contributed by atoms with E-state index in [1.54, 1.807) is 49.4 Å². The van der Waals surface area contributed by atoms with Crippen molar-refractivity contribution in [3.8, 4) is 28.5 Å². The Bertz CT molecular complexity index is 1460. The van der Waals surface area contributed by atoms with E-state index in [1.807, 2.05) is 4.90 Å². The Balaban J connectivity index is 1.35. The summed E-state index contributed by atoms with van der Waals surface area (Å²) in [6.45, 7) is 3.17. The summed E-state index contributed by atoms with van der Waals surface area (Å²) in [6, 6.07) is 13.2. The van der Waals surface area contributed by atoms with E-state index in [9.17, 15) is 28.2 Å². The second kappa shape index (κ2) is 10.6. The first-order chi connectivity index (χ1) is 18.6. The average Bonchev–Trinajstić information content (AvgIpc) is 3.57. The van der Waals surface area contributed by atoms with Crippen LogP contribution in [0.3, 0.4) is 0 Å². The molecule has 1 aliphatic rings. The first-order valence-electron chi connectivity index (χ1n) is 12.4. The second-order valence-electron chi connectivity index (χ2n) is 9.65. The van der Waals surface area contributed by atoms with E-state index in [0.717, 1.165) is 22.9 Å². The highest BCUT2D eigenvalue weighted by Crippen LogP contribution is 2.38. The van der Waals surface area contributed by atoms with Crippen LogP contribution in [0.25, 0.3) is 28.5 Å². The van der Waals surface area contributed by atoms with Crippen LogP contribution in [0.1, 0.15) is 35.8 Å². The van der Waals surface area contributed by atoms with Crippen LogP contribution >= 0.6 is 0 Å². The van der Waals surface area contributed by atoms with Gasteiger partial charge >= 0.3 is 12.1 Å². The summed E-state index contributed by atoms with van der Waals surface area (Å²) in [5.74, 6) is -1.51. The smallest absolute Gasteiger partial charge is 0.434 e. The number of nitrogens with zero attached hydrogens (tertiary/aromatic N) is 5. The Hall–Kier alpha value is -4.03. The third kappa shape index (κ3) is 5.71. The van der Waals surface area contributed by atoms with Crippen molar-refractivity contribution in [2.45, 2.75) is 32.0 Å². The fourth-order valence-electron chi connectivity index (χ4n) is 4.81. The molecule has 0 saturated carbocycles. The summed E-state index contributed by atoms with van der Waals surface area (Å²) in [5.41, 5.74) is 0.779. The van der Waals surface area contributed by atoms with Crippen molar-refractivity contribution in [1.29, 1.82) is 0 Å². The average molecular weight is 542 g/mol. The number of hydrogen-bond donors (Lipinski definition) is 2. The van der Waals surface area contributed by atoms with E-state index in [4.69, 9.17) is 4.52 Å². The number of aliphatic hydroxyl groups is 1. The Morgan fingerprint density at radius 1 is 1.21 bits per heavy atom. The molecule has 204 valence electrons. The van der Waals surface area contributed by atoms with E-state index >= 15 is 0 Å². The number of carboxylic acids is 1. The molecule has 2 atom stereocenters. The van der Waals surface area contributed by atoms with Crippen molar-refractivity contribution >= 4 is 5.97 Å². The maximum atomic E-state index is 14.1. The number of alkyl halides is 3. The number of halogens is 3. The van der Waals surface area contributed by atoms with Gasteiger partial charge in [0.1, 0.15) is 0 Å². The fraction of sp³-hybridized carbons (Fsp3) is 0.333. The molecular formula is C27H26F3N5O4. The van der Waals surface area contributed by atoms with Gasteiger partial charge in [0.25, 0.3) is 5.89 Å². The molecule has 1 aliphatic heterocycles. The van der Waals surface area contributed by atoms with Gasteiger partial charge in [0.05, 0.1) is 29.5 Å². The first kappa shape index (κ1) is 26.6. The van der Waals surface area contributed by atoms with Crippen LogP contribution in [-0.2, 0) is 11.0 Å². The summed E-state index contributed by atoms with van der Waals surface area (Å²) in [5, 5.41) is 27.8. The highest BCUT2D eigenvalue weighted by atomic mass is 19.4. The minimum Gasteiger partial charge on any atom is -0.481 e. The number of carbonyl (C=O) groups is 1. The minimum atomic E-state index is -4.74. The van der Waals surface area contributed by atoms with E-state index in [-0.39, 0.29) is 23.0 Å². The Morgan fingerprint density at radius 3 is 2.67 bits per heavy atom. The topological polar surface area (TPSA) is 118 Å². The molecule has 2 unspecified atom stereocenters. The van der Waals surface area contributed by atoms with Crippen LogP contribution < -0.4 is 0 Å². The molecule has 0 aliphatic carbocycles. The number of aromatic nitrogens is 4. The lowest BCUT2D eigenvalue weighted by atomic mass is 9.97. The van der Waals surface area contributed by atoms with Crippen LogP contribution in [0.5, 0.6) is 0 Å². The quantitative estimate of drug-likeness (QED) is 0.344. The maximum Gasteiger partial charge on any atom is 0.434 e. The molecule has 1 saturated heterocycles. The second-order valence-corrected chi connectivity index (χ2v) is 9.65. The third-order valence-electron chi connectivity index (χ3n) is 6.78. The molecule has 3 heterocycles. The molecule has 12 heteroatoms. The number of rotatable bonds is 7. The Morgan fingerprint density at radius 2 is 1.97 bits per heavy atom. The van der Waals surface area contributed by atoms with Crippen molar-refractivity contribution in [1.82, 2.24) is 24.8 Å². The molecule has 2 aromatic heterocycles. The highest BCUT2D eigenvalue weighted by molar-refractivity contribution is 5.70. The number of aryl methyl sites for hydroxylation is 1. The fourth-order valence-corrected chi connectivity index (χ4v) is 4.81. The molecule has 0 radical (unpaired) electrons. The molecule has 0 bridgehead atoms. The number of β-amino-alcohol motifs (C(OH)–C–C–N with tert-alkyl or cyclic N) is 1. The highest BCUT2D eigenvalue weighted by Gasteiger charge is 2.40. The van der Waals surface area contributed by atoms with E-state index in [2.05, 4.69) is 15.2 Å². The summed E-state index contributed by atoms with van der Waals surface area (Å²) in [7, 11) is 0. The van der Waals surface area contributed by atoms with Crippen LogP contribution in [0, 0.1) is 12.8 Å². The number of carboxylic acid groups (broad SMARTS) is 1. The zero-order valence-electron chi connectivity index (χ0n) is 21.0. The van der Waals surface area contributed by atoms with Gasteiger partial charge in [-0.15, -0.1) is 0 Å². The maximum absolute atomic E-state index is 14.1. The largest absolute Gasteiger partial charge is 0.481 e. The Kier molecular flexibility index (Phi) is 7.23. The van der Waals surface area contributed by atoms with Gasteiger partial charge in [-0.2, -0.15) is 23.3 Å². The molecule has 4 aromatic rings. The van der Waals surface area contributed by atoms with Gasteiger partial charge in [0.2, 0.25) is 5.82 Å². The first-order valence-corrected chi connectivity index (χ1v) is 12.4. The summed E-state index contributed by atoms with van der Waals surface area (Å²) >= 11 is 0. The molecule has 9 nitrogen and oxygen atoms in total. The van der Waals surface area contributed by atoms with Crippen molar-refractivity contribution in [2.75, 3.05) is 19.6 Å². The molecule has 2 N–H and O–H groups in total. The molecule has 2 aromatic carbocycles. The molecule has 5 rings (SSSR count). The van der Waals surface area contributed by atoms with E-state index < -0.39 is 29.9 Å². The van der Waals surface area contributed by atoms with E-state index in [0.29, 0.717) is 37.2 Å². The van der Waals surface area contributed by atoms with E-state index in [1.165, 1.54) is 6.07 Å². The number of benzene rings is 2. The summed E-state index contributed by atoms with van der Waals surface area (Å²) in [4.78, 5) is 17.4. The molecule has 1 fully saturated rings. The van der Waals surface area contributed by atoms with Crippen molar-refractivity contribution in [3.63, 3.8) is 0 Å². The predicted molar refractivity (Wildman–Crippen MR) is 134 cm³/mol. The number of aliphatic hydroxyl groups excluding tert-OH is 1. The minimum absolute atomic E-state index is 0.0859. The molecule has 0 spiro atoms. The summed E-state index contributed by atoms with van der Waals surface area (Å²) in [6.07, 6.45) is -3.14. The van der Waals surface area contributed by atoms with Crippen LogP contribution in [0.4, 0.5) is 13.2 Å². The van der Waals surface area contributed by atoms with Gasteiger partial charge in [-0.25, -0.2) is 4.68 Å².